The topological polar surface area (TPSA) is 73.2 Å². The highest BCUT2D eigenvalue weighted by Gasteiger charge is 2.28. The second-order valence-electron chi connectivity index (χ2n) is 6.20. The van der Waals surface area contributed by atoms with E-state index in [0.717, 1.165) is 31.2 Å². The maximum Gasteiger partial charge on any atom is 0.341 e. The fraction of sp³-hybridized carbons (Fsp3) is 0.471. The van der Waals surface area contributed by atoms with Gasteiger partial charge in [-0.1, -0.05) is 0 Å². The zero-order valence-electron chi connectivity index (χ0n) is 14.1. The minimum absolute atomic E-state index is 0.198. The summed E-state index contributed by atoms with van der Waals surface area (Å²) in [5.41, 5.74) is 1.88. The molecule has 1 aliphatic rings. The molecule has 24 heavy (non-hydrogen) atoms. The molecule has 6 nitrogen and oxygen atoms in total. The van der Waals surface area contributed by atoms with Gasteiger partial charge in [0.15, 0.2) is 5.69 Å². The number of nitrogens with one attached hydrogen (secondary N) is 1. The molecule has 0 fully saturated rings. The molecular weight excluding hydrogens is 326 g/mol. The van der Waals surface area contributed by atoms with Gasteiger partial charge in [-0.3, -0.25) is 9.48 Å². The first-order chi connectivity index (χ1) is 11.5. The van der Waals surface area contributed by atoms with Crippen molar-refractivity contribution in [1.29, 1.82) is 0 Å². The van der Waals surface area contributed by atoms with Crippen molar-refractivity contribution in [2.75, 3.05) is 5.32 Å². The number of carbonyl (C=O) groups excluding carboxylic acids is 2. The van der Waals surface area contributed by atoms with Gasteiger partial charge in [0, 0.05) is 18.1 Å². The summed E-state index contributed by atoms with van der Waals surface area (Å²) in [6, 6.07) is 1.65. The third kappa shape index (κ3) is 3.36. The van der Waals surface area contributed by atoms with Crippen LogP contribution in [0.1, 0.15) is 58.0 Å². The number of nitrogens with zero attached hydrogens (tertiary/aromatic N) is 2. The van der Waals surface area contributed by atoms with Crippen LogP contribution in [0.15, 0.2) is 12.3 Å². The number of aromatic nitrogens is 2. The van der Waals surface area contributed by atoms with Crippen molar-refractivity contribution in [2.24, 2.45) is 7.05 Å². The molecular formula is C17H21N3O3S. The number of thiophene rings is 1. The first-order valence-electron chi connectivity index (χ1n) is 8.12. The number of fused-ring (bicyclic) bond motifs is 1. The number of anilines is 1. The van der Waals surface area contributed by atoms with Gasteiger partial charge in [-0.15, -0.1) is 11.3 Å². The minimum atomic E-state index is -0.360. The molecule has 3 rings (SSSR count). The number of hydrogen-bond acceptors (Lipinski definition) is 5. The second-order valence-corrected chi connectivity index (χ2v) is 7.30. The van der Waals surface area contributed by atoms with Crippen LogP contribution in [0.25, 0.3) is 0 Å². The van der Waals surface area contributed by atoms with Crippen molar-refractivity contribution in [3.05, 3.63) is 34.0 Å². The number of rotatable bonds is 4. The van der Waals surface area contributed by atoms with Crippen molar-refractivity contribution < 1.29 is 14.3 Å². The third-order valence-electron chi connectivity index (χ3n) is 3.89. The molecule has 1 aliphatic carbocycles. The lowest BCUT2D eigenvalue weighted by Crippen LogP contribution is -2.18. The summed E-state index contributed by atoms with van der Waals surface area (Å²) >= 11 is 1.48. The number of carbonyl (C=O) groups is 2. The monoisotopic (exact) mass is 347 g/mol. The number of hydrogen-bond donors (Lipinski definition) is 1. The highest BCUT2D eigenvalue weighted by molar-refractivity contribution is 7.17. The zero-order chi connectivity index (χ0) is 17.3. The van der Waals surface area contributed by atoms with Gasteiger partial charge >= 0.3 is 5.97 Å². The average Bonchev–Trinajstić information content (AvgIpc) is 3.09. The average molecular weight is 347 g/mol. The molecule has 1 N–H and O–H groups in total. The van der Waals surface area contributed by atoms with Crippen LogP contribution in [0.2, 0.25) is 0 Å². The predicted octanol–water partition coefficient (Wildman–Crippen LogP) is 3.18. The Kier molecular flexibility index (Phi) is 4.71. The summed E-state index contributed by atoms with van der Waals surface area (Å²) in [5.74, 6) is -0.673. The molecule has 0 aliphatic heterocycles. The van der Waals surface area contributed by atoms with Gasteiger partial charge in [-0.05, 0) is 51.2 Å². The largest absolute Gasteiger partial charge is 0.459 e. The lowest BCUT2D eigenvalue weighted by atomic mass is 9.95. The second kappa shape index (κ2) is 6.76. The van der Waals surface area contributed by atoms with Crippen LogP contribution in [0.5, 0.6) is 0 Å². The van der Waals surface area contributed by atoms with E-state index in [-0.39, 0.29) is 18.0 Å². The highest BCUT2D eigenvalue weighted by Crippen LogP contribution is 2.38. The minimum Gasteiger partial charge on any atom is -0.459 e. The van der Waals surface area contributed by atoms with Crippen molar-refractivity contribution >= 4 is 28.2 Å². The Hall–Kier alpha value is -2.15. The molecule has 2 aromatic rings. The lowest BCUT2D eigenvalue weighted by molar-refractivity contribution is 0.0378. The van der Waals surface area contributed by atoms with Crippen molar-refractivity contribution in [2.45, 2.75) is 45.6 Å². The smallest absolute Gasteiger partial charge is 0.341 e. The Balaban J connectivity index is 1.92. The molecule has 0 spiro atoms. The van der Waals surface area contributed by atoms with E-state index < -0.39 is 0 Å². The molecule has 2 heterocycles. The number of amides is 1. The van der Waals surface area contributed by atoms with E-state index in [1.807, 2.05) is 13.8 Å². The Bertz CT molecular complexity index is 776. The molecule has 0 atom stereocenters. The first-order valence-corrected chi connectivity index (χ1v) is 8.94. The van der Waals surface area contributed by atoms with Crippen LogP contribution >= 0.6 is 11.3 Å². The van der Waals surface area contributed by atoms with E-state index in [1.165, 1.54) is 16.2 Å². The molecule has 1 amide bonds. The van der Waals surface area contributed by atoms with Gasteiger partial charge in [-0.2, -0.15) is 5.10 Å². The standard InChI is InChI=1S/C17H21N3O3S/c1-10(2)23-17(22)14-11-6-4-5-7-13(11)24-16(14)18-15(21)12-8-9-20(3)19-12/h8-10H,4-7H2,1-3H3,(H,18,21). The Morgan fingerprint density at radius 3 is 2.75 bits per heavy atom. The molecule has 2 aromatic heterocycles. The molecule has 0 radical (unpaired) electrons. The molecule has 0 unspecified atom stereocenters. The SMILES string of the molecule is CC(C)OC(=O)c1c(NC(=O)c2ccn(C)n2)sc2c1CCCC2. The summed E-state index contributed by atoms with van der Waals surface area (Å²) in [6.07, 6.45) is 5.48. The van der Waals surface area contributed by atoms with Crippen LogP contribution in [-0.4, -0.2) is 27.8 Å². The fourth-order valence-electron chi connectivity index (χ4n) is 2.85. The molecule has 0 bridgehead atoms. The Morgan fingerprint density at radius 2 is 2.08 bits per heavy atom. The van der Waals surface area contributed by atoms with E-state index in [4.69, 9.17) is 4.74 Å². The van der Waals surface area contributed by atoms with Crippen molar-refractivity contribution in [3.8, 4) is 0 Å². The van der Waals surface area contributed by atoms with Gasteiger partial charge in [0.2, 0.25) is 0 Å². The Morgan fingerprint density at radius 1 is 1.33 bits per heavy atom. The van der Waals surface area contributed by atoms with Gasteiger partial charge < -0.3 is 10.1 Å². The summed E-state index contributed by atoms with van der Waals surface area (Å²) in [5, 5.41) is 7.53. The van der Waals surface area contributed by atoms with Crippen molar-refractivity contribution in [1.82, 2.24) is 9.78 Å². The van der Waals surface area contributed by atoms with Gasteiger partial charge in [0.25, 0.3) is 5.91 Å². The van der Waals surface area contributed by atoms with E-state index in [0.29, 0.717) is 16.3 Å². The predicted molar refractivity (Wildman–Crippen MR) is 92.7 cm³/mol. The lowest BCUT2D eigenvalue weighted by Gasteiger charge is -2.14. The quantitative estimate of drug-likeness (QED) is 0.862. The van der Waals surface area contributed by atoms with Crippen LogP contribution in [0.3, 0.4) is 0 Å². The summed E-state index contributed by atoms with van der Waals surface area (Å²) in [4.78, 5) is 26.1. The zero-order valence-corrected chi connectivity index (χ0v) is 14.9. The highest BCUT2D eigenvalue weighted by atomic mass is 32.1. The van der Waals surface area contributed by atoms with E-state index in [2.05, 4.69) is 10.4 Å². The van der Waals surface area contributed by atoms with E-state index in [9.17, 15) is 9.59 Å². The maximum absolute atomic E-state index is 12.5. The van der Waals surface area contributed by atoms with Gasteiger partial charge in [-0.25, -0.2) is 4.79 Å². The van der Waals surface area contributed by atoms with Crippen LogP contribution in [0.4, 0.5) is 5.00 Å². The molecule has 0 saturated carbocycles. The molecule has 0 saturated heterocycles. The van der Waals surface area contributed by atoms with Gasteiger partial charge in [0.1, 0.15) is 5.00 Å². The number of esters is 1. The summed E-state index contributed by atoms with van der Waals surface area (Å²) < 4.78 is 6.96. The summed E-state index contributed by atoms with van der Waals surface area (Å²) in [7, 11) is 1.76. The van der Waals surface area contributed by atoms with Crippen LogP contribution in [0, 0.1) is 0 Å². The fourth-order valence-corrected chi connectivity index (χ4v) is 4.12. The van der Waals surface area contributed by atoms with E-state index in [1.54, 1.807) is 24.0 Å². The Labute approximate surface area is 144 Å². The third-order valence-corrected chi connectivity index (χ3v) is 5.10. The molecule has 0 aromatic carbocycles. The van der Waals surface area contributed by atoms with E-state index >= 15 is 0 Å². The normalized spacial score (nSPS) is 13.7. The number of aryl methyl sites for hydroxylation is 2. The number of ether oxygens (including phenoxy) is 1. The maximum atomic E-state index is 12.5. The first kappa shape index (κ1) is 16.7. The van der Waals surface area contributed by atoms with Crippen LogP contribution < -0.4 is 5.32 Å². The van der Waals surface area contributed by atoms with Gasteiger partial charge in [0.05, 0.1) is 11.7 Å². The summed E-state index contributed by atoms with van der Waals surface area (Å²) in [6.45, 7) is 3.64. The van der Waals surface area contributed by atoms with Crippen LogP contribution in [-0.2, 0) is 24.6 Å². The molecule has 128 valence electrons. The van der Waals surface area contributed by atoms with Crippen molar-refractivity contribution in [3.63, 3.8) is 0 Å². The molecule has 7 heteroatoms.